The van der Waals surface area contributed by atoms with Crippen molar-refractivity contribution in [3.8, 4) is 0 Å². The molecule has 2 nitrogen and oxygen atoms in total. The van der Waals surface area contributed by atoms with Crippen molar-refractivity contribution in [2.75, 3.05) is 0 Å². The van der Waals surface area contributed by atoms with Gasteiger partial charge in [0, 0.05) is 17.6 Å². The molecular weight excluding hydrogens is 192 g/mol. The molecule has 1 aliphatic rings. The molecular formula is C11H18N2S. The first-order valence-electron chi connectivity index (χ1n) is 5.43. The third kappa shape index (κ3) is 2.15. The van der Waals surface area contributed by atoms with Crippen LogP contribution >= 0.6 is 11.3 Å². The Balaban J connectivity index is 1.84. The van der Waals surface area contributed by atoms with Crippen LogP contribution < -0.4 is 5.32 Å². The molecule has 78 valence electrons. The van der Waals surface area contributed by atoms with Gasteiger partial charge >= 0.3 is 0 Å². The van der Waals surface area contributed by atoms with Crippen LogP contribution in [0.5, 0.6) is 0 Å². The molecule has 0 amide bonds. The van der Waals surface area contributed by atoms with Gasteiger partial charge in [-0.25, -0.2) is 4.98 Å². The van der Waals surface area contributed by atoms with Crippen LogP contribution in [0.15, 0.2) is 11.6 Å². The Labute approximate surface area is 89.8 Å². The van der Waals surface area contributed by atoms with Crippen LogP contribution in [0.25, 0.3) is 0 Å². The molecule has 1 aromatic rings. The van der Waals surface area contributed by atoms with E-state index in [1.807, 2.05) is 11.6 Å². The van der Waals surface area contributed by atoms with Gasteiger partial charge in [-0.1, -0.05) is 6.42 Å². The first-order chi connectivity index (χ1) is 6.77. The van der Waals surface area contributed by atoms with E-state index in [1.54, 1.807) is 11.3 Å². The molecule has 1 saturated carbocycles. The van der Waals surface area contributed by atoms with Gasteiger partial charge in [0.1, 0.15) is 5.01 Å². The molecule has 0 aromatic carbocycles. The van der Waals surface area contributed by atoms with Gasteiger partial charge in [0.15, 0.2) is 0 Å². The molecule has 1 fully saturated rings. The number of aromatic nitrogens is 1. The summed E-state index contributed by atoms with van der Waals surface area (Å²) in [7, 11) is 0. The molecule has 1 aromatic heterocycles. The van der Waals surface area contributed by atoms with E-state index in [9.17, 15) is 0 Å². The molecule has 2 unspecified atom stereocenters. The zero-order chi connectivity index (χ0) is 9.97. The molecule has 0 saturated heterocycles. The average Bonchev–Trinajstić information content (AvgIpc) is 2.51. The summed E-state index contributed by atoms with van der Waals surface area (Å²) in [5, 5.41) is 6.88. The normalized spacial score (nSPS) is 21.6. The number of hydrogen-bond donors (Lipinski definition) is 1. The SMILES string of the molecule is CC(NC(C)C1CCC1)c1nccs1. The lowest BCUT2D eigenvalue weighted by Crippen LogP contribution is -2.38. The van der Waals surface area contributed by atoms with E-state index in [-0.39, 0.29) is 0 Å². The van der Waals surface area contributed by atoms with Gasteiger partial charge in [0.2, 0.25) is 0 Å². The Morgan fingerprint density at radius 1 is 1.50 bits per heavy atom. The molecule has 0 bridgehead atoms. The smallest absolute Gasteiger partial charge is 0.109 e. The van der Waals surface area contributed by atoms with Crippen molar-refractivity contribution >= 4 is 11.3 Å². The fourth-order valence-corrected chi connectivity index (χ4v) is 2.64. The highest BCUT2D eigenvalue weighted by atomic mass is 32.1. The maximum absolute atomic E-state index is 4.33. The second kappa shape index (κ2) is 4.41. The summed E-state index contributed by atoms with van der Waals surface area (Å²) in [5.41, 5.74) is 0. The van der Waals surface area contributed by atoms with Crippen LogP contribution in [-0.4, -0.2) is 11.0 Å². The lowest BCUT2D eigenvalue weighted by Gasteiger charge is -2.33. The topological polar surface area (TPSA) is 24.9 Å². The third-order valence-electron chi connectivity index (χ3n) is 3.19. The van der Waals surface area contributed by atoms with E-state index in [4.69, 9.17) is 0 Å². The summed E-state index contributed by atoms with van der Waals surface area (Å²) < 4.78 is 0. The molecule has 3 heteroatoms. The maximum Gasteiger partial charge on any atom is 0.109 e. The number of nitrogens with one attached hydrogen (secondary N) is 1. The van der Waals surface area contributed by atoms with Crippen molar-refractivity contribution < 1.29 is 0 Å². The molecule has 2 rings (SSSR count). The van der Waals surface area contributed by atoms with E-state index < -0.39 is 0 Å². The van der Waals surface area contributed by atoms with Crippen molar-refractivity contribution in [3.63, 3.8) is 0 Å². The van der Waals surface area contributed by atoms with Gasteiger partial charge in [-0.05, 0) is 32.6 Å². The van der Waals surface area contributed by atoms with Crippen molar-refractivity contribution in [1.29, 1.82) is 0 Å². The van der Waals surface area contributed by atoms with E-state index in [2.05, 4.69) is 24.1 Å². The fourth-order valence-electron chi connectivity index (χ4n) is 1.99. The summed E-state index contributed by atoms with van der Waals surface area (Å²) in [4.78, 5) is 4.33. The van der Waals surface area contributed by atoms with E-state index in [1.165, 1.54) is 24.3 Å². The minimum atomic E-state index is 0.408. The molecule has 1 N–H and O–H groups in total. The van der Waals surface area contributed by atoms with Gasteiger partial charge < -0.3 is 5.32 Å². The first-order valence-corrected chi connectivity index (χ1v) is 6.31. The van der Waals surface area contributed by atoms with Gasteiger partial charge in [0.25, 0.3) is 0 Å². The second-order valence-electron chi connectivity index (χ2n) is 4.24. The highest BCUT2D eigenvalue weighted by Gasteiger charge is 2.25. The lowest BCUT2D eigenvalue weighted by atomic mass is 9.80. The van der Waals surface area contributed by atoms with Gasteiger partial charge in [0.05, 0.1) is 6.04 Å². The highest BCUT2D eigenvalue weighted by molar-refractivity contribution is 7.09. The molecule has 1 aliphatic carbocycles. The molecule has 0 spiro atoms. The van der Waals surface area contributed by atoms with Crippen molar-refractivity contribution in [2.24, 2.45) is 5.92 Å². The Hall–Kier alpha value is -0.410. The highest BCUT2D eigenvalue weighted by Crippen LogP contribution is 2.30. The fraction of sp³-hybridized carbons (Fsp3) is 0.727. The monoisotopic (exact) mass is 210 g/mol. The van der Waals surface area contributed by atoms with E-state index in [0.717, 1.165) is 5.92 Å². The largest absolute Gasteiger partial charge is 0.305 e. The Kier molecular flexibility index (Phi) is 3.19. The summed E-state index contributed by atoms with van der Waals surface area (Å²) in [6.45, 7) is 4.50. The van der Waals surface area contributed by atoms with E-state index >= 15 is 0 Å². The molecule has 1 heterocycles. The number of rotatable bonds is 4. The Bertz CT molecular complexity index is 267. The number of thiazole rings is 1. The van der Waals surface area contributed by atoms with Crippen molar-refractivity contribution in [1.82, 2.24) is 10.3 Å². The average molecular weight is 210 g/mol. The van der Waals surface area contributed by atoms with Gasteiger partial charge in [-0.15, -0.1) is 11.3 Å². The summed E-state index contributed by atoms with van der Waals surface area (Å²) >= 11 is 1.74. The maximum atomic E-state index is 4.33. The molecule has 2 atom stereocenters. The van der Waals surface area contributed by atoms with Crippen LogP contribution in [0.4, 0.5) is 0 Å². The minimum Gasteiger partial charge on any atom is -0.305 e. The number of nitrogens with zero attached hydrogens (tertiary/aromatic N) is 1. The van der Waals surface area contributed by atoms with Crippen molar-refractivity contribution in [3.05, 3.63) is 16.6 Å². The summed E-state index contributed by atoms with van der Waals surface area (Å²) in [6.07, 6.45) is 6.10. The Morgan fingerprint density at radius 2 is 2.29 bits per heavy atom. The minimum absolute atomic E-state index is 0.408. The van der Waals surface area contributed by atoms with E-state index in [0.29, 0.717) is 12.1 Å². The summed E-state index contributed by atoms with van der Waals surface area (Å²) in [5.74, 6) is 0.900. The van der Waals surface area contributed by atoms with Crippen LogP contribution in [-0.2, 0) is 0 Å². The molecule has 0 radical (unpaired) electrons. The second-order valence-corrected chi connectivity index (χ2v) is 5.16. The quantitative estimate of drug-likeness (QED) is 0.826. The zero-order valence-corrected chi connectivity index (χ0v) is 9.68. The number of hydrogen-bond acceptors (Lipinski definition) is 3. The van der Waals surface area contributed by atoms with Crippen LogP contribution in [0.2, 0.25) is 0 Å². The summed E-state index contributed by atoms with van der Waals surface area (Å²) in [6, 6.07) is 1.05. The van der Waals surface area contributed by atoms with Gasteiger partial charge in [-0.3, -0.25) is 0 Å². The predicted molar refractivity (Wildman–Crippen MR) is 60.5 cm³/mol. The lowest BCUT2D eigenvalue weighted by molar-refractivity contribution is 0.229. The Morgan fingerprint density at radius 3 is 2.79 bits per heavy atom. The van der Waals surface area contributed by atoms with Gasteiger partial charge in [-0.2, -0.15) is 0 Å². The first kappa shape index (κ1) is 10.1. The predicted octanol–water partition coefficient (Wildman–Crippen LogP) is 2.98. The van der Waals surface area contributed by atoms with Crippen LogP contribution in [0.1, 0.15) is 44.2 Å². The molecule has 14 heavy (non-hydrogen) atoms. The standard InChI is InChI=1S/C11H18N2S/c1-8(10-4-3-5-10)13-9(2)11-12-6-7-14-11/h6-10,13H,3-5H2,1-2H3. The van der Waals surface area contributed by atoms with Crippen LogP contribution in [0.3, 0.4) is 0 Å². The molecule has 0 aliphatic heterocycles. The third-order valence-corrected chi connectivity index (χ3v) is 4.15. The van der Waals surface area contributed by atoms with Crippen LogP contribution in [0, 0.1) is 5.92 Å². The zero-order valence-electron chi connectivity index (χ0n) is 8.86. The van der Waals surface area contributed by atoms with Crippen molar-refractivity contribution in [2.45, 2.75) is 45.2 Å².